The van der Waals surface area contributed by atoms with E-state index < -0.39 is 5.97 Å². The highest BCUT2D eigenvalue weighted by molar-refractivity contribution is 5.85. The summed E-state index contributed by atoms with van der Waals surface area (Å²) in [7, 11) is 0. The molecule has 1 aromatic heterocycles. The Kier molecular flexibility index (Phi) is 5.63. The summed E-state index contributed by atoms with van der Waals surface area (Å²) in [6.07, 6.45) is 2.32. The van der Waals surface area contributed by atoms with Gasteiger partial charge in [0, 0.05) is 6.54 Å². The Hall–Kier alpha value is -1.42. The third-order valence-corrected chi connectivity index (χ3v) is 2.69. The average Bonchev–Trinajstić information content (AvgIpc) is 2.34. The van der Waals surface area contributed by atoms with Crippen LogP contribution in [0.15, 0.2) is 18.2 Å². The van der Waals surface area contributed by atoms with Crippen molar-refractivity contribution >= 4 is 5.97 Å². The van der Waals surface area contributed by atoms with Crippen LogP contribution in [-0.4, -0.2) is 34.0 Å². The lowest BCUT2D eigenvalue weighted by atomic mass is 10.2. The molecule has 0 fully saturated rings. The van der Waals surface area contributed by atoms with E-state index >= 15 is 0 Å². The van der Waals surface area contributed by atoms with Crippen LogP contribution in [0.5, 0.6) is 0 Å². The maximum absolute atomic E-state index is 10.8. The first-order chi connectivity index (χ1) is 8.17. The molecule has 0 atom stereocenters. The van der Waals surface area contributed by atoms with Crippen LogP contribution in [0.1, 0.15) is 42.9 Å². The van der Waals surface area contributed by atoms with Gasteiger partial charge in [0.05, 0.1) is 5.69 Å². The molecule has 1 N–H and O–H groups in total. The summed E-state index contributed by atoms with van der Waals surface area (Å²) >= 11 is 0. The van der Waals surface area contributed by atoms with E-state index in [1.54, 1.807) is 6.07 Å². The summed E-state index contributed by atoms with van der Waals surface area (Å²) < 4.78 is 0. The minimum atomic E-state index is -0.969. The lowest BCUT2D eigenvalue weighted by Gasteiger charge is -2.19. The monoisotopic (exact) mass is 236 g/mol. The number of nitrogens with zero attached hydrogens (tertiary/aromatic N) is 2. The van der Waals surface area contributed by atoms with Crippen molar-refractivity contribution in [3.8, 4) is 0 Å². The lowest BCUT2D eigenvalue weighted by Crippen LogP contribution is -2.24. The molecule has 0 unspecified atom stereocenters. The van der Waals surface area contributed by atoms with Gasteiger partial charge in [-0.3, -0.25) is 4.90 Å². The van der Waals surface area contributed by atoms with Gasteiger partial charge in [-0.25, -0.2) is 9.78 Å². The summed E-state index contributed by atoms with van der Waals surface area (Å²) in [5.41, 5.74) is 0.942. The third kappa shape index (κ3) is 4.53. The summed E-state index contributed by atoms with van der Waals surface area (Å²) in [4.78, 5) is 17.2. The highest BCUT2D eigenvalue weighted by Crippen LogP contribution is 2.05. The Bertz CT molecular complexity index is 366. The van der Waals surface area contributed by atoms with Crippen LogP contribution < -0.4 is 0 Å². The van der Waals surface area contributed by atoms with Crippen molar-refractivity contribution in [2.24, 2.45) is 0 Å². The maximum atomic E-state index is 10.8. The molecule has 4 nitrogen and oxygen atoms in total. The molecule has 0 aliphatic heterocycles. The number of hydrogen-bond acceptors (Lipinski definition) is 3. The van der Waals surface area contributed by atoms with Crippen LogP contribution in [0, 0.1) is 0 Å². The van der Waals surface area contributed by atoms with E-state index in [2.05, 4.69) is 23.7 Å². The number of rotatable bonds is 7. The fraction of sp³-hybridized carbons (Fsp3) is 0.538. The second-order valence-corrected chi connectivity index (χ2v) is 4.04. The van der Waals surface area contributed by atoms with E-state index in [0.29, 0.717) is 0 Å². The maximum Gasteiger partial charge on any atom is 0.354 e. The molecule has 0 saturated carbocycles. The fourth-order valence-corrected chi connectivity index (χ4v) is 1.65. The van der Waals surface area contributed by atoms with Crippen molar-refractivity contribution in [3.63, 3.8) is 0 Å². The van der Waals surface area contributed by atoms with Crippen LogP contribution in [0.25, 0.3) is 0 Å². The molecule has 17 heavy (non-hydrogen) atoms. The quantitative estimate of drug-likeness (QED) is 0.789. The minimum absolute atomic E-state index is 0.119. The zero-order valence-corrected chi connectivity index (χ0v) is 10.5. The van der Waals surface area contributed by atoms with Gasteiger partial charge in [0.25, 0.3) is 0 Å². The van der Waals surface area contributed by atoms with Gasteiger partial charge in [-0.1, -0.05) is 26.3 Å². The third-order valence-electron chi connectivity index (χ3n) is 2.69. The Morgan fingerprint density at radius 1 is 1.41 bits per heavy atom. The molecule has 0 aromatic carbocycles. The van der Waals surface area contributed by atoms with Gasteiger partial charge in [-0.2, -0.15) is 0 Å². The number of carbonyl (C=O) groups is 1. The molecular formula is C13H20N2O2. The largest absolute Gasteiger partial charge is 0.477 e. The van der Waals surface area contributed by atoms with Crippen LogP contribution in [0.2, 0.25) is 0 Å². The van der Waals surface area contributed by atoms with Gasteiger partial charge in [0.2, 0.25) is 0 Å². The Labute approximate surface area is 102 Å². The number of aromatic carboxylic acids is 1. The Balaban J connectivity index is 2.65. The van der Waals surface area contributed by atoms with Crippen LogP contribution in [-0.2, 0) is 6.54 Å². The van der Waals surface area contributed by atoms with Crippen molar-refractivity contribution in [1.29, 1.82) is 0 Å². The Morgan fingerprint density at radius 3 is 2.76 bits per heavy atom. The van der Waals surface area contributed by atoms with Crippen molar-refractivity contribution in [2.45, 2.75) is 33.2 Å². The van der Waals surface area contributed by atoms with Crippen LogP contribution >= 0.6 is 0 Å². The molecule has 1 aromatic rings. The van der Waals surface area contributed by atoms with Crippen LogP contribution in [0.4, 0.5) is 0 Å². The molecule has 0 radical (unpaired) electrons. The molecule has 0 saturated heterocycles. The Morgan fingerprint density at radius 2 is 2.18 bits per heavy atom. The molecule has 0 spiro atoms. The molecule has 0 bridgehead atoms. The lowest BCUT2D eigenvalue weighted by molar-refractivity contribution is 0.0690. The number of pyridine rings is 1. The number of aromatic nitrogens is 1. The highest BCUT2D eigenvalue weighted by Gasteiger charge is 2.08. The number of carboxylic acid groups (broad SMARTS) is 1. The van der Waals surface area contributed by atoms with Crippen molar-refractivity contribution in [2.75, 3.05) is 13.1 Å². The SMILES string of the molecule is CCCCN(CC)Cc1cccc(C(=O)O)n1. The molecule has 0 amide bonds. The van der Waals surface area contributed by atoms with Crippen LogP contribution in [0.3, 0.4) is 0 Å². The van der Waals surface area contributed by atoms with E-state index in [1.165, 1.54) is 12.5 Å². The van der Waals surface area contributed by atoms with E-state index in [4.69, 9.17) is 5.11 Å². The topological polar surface area (TPSA) is 53.4 Å². The molecule has 1 heterocycles. The van der Waals surface area contributed by atoms with Gasteiger partial charge in [-0.05, 0) is 31.6 Å². The first-order valence-corrected chi connectivity index (χ1v) is 6.09. The summed E-state index contributed by atoms with van der Waals surface area (Å²) in [6, 6.07) is 5.15. The standard InChI is InChI=1S/C13H20N2O2/c1-3-5-9-15(4-2)10-11-7-6-8-12(14-11)13(16)17/h6-8H,3-5,9-10H2,1-2H3,(H,16,17). The highest BCUT2D eigenvalue weighted by atomic mass is 16.4. The predicted octanol–water partition coefficient (Wildman–Crippen LogP) is 2.40. The fourth-order valence-electron chi connectivity index (χ4n) is 1.65. The van der Waals surface area contributed by atoms with E-state index in [1.807, 2.05) is 6.07 Å². The average molecular weight is 236 g/mol. The van der Waals surface area contributed by atoms with Gasteiger partial charge >= 0.3 is 5.97 Å². The van der Waals surface area contributed by atoms with Gasteiger partial charge < -0.3 is 5.11 Å². The van der Waals surface area contributed by atoms with Crippen molar-refractivity contribution in [1.82, 2.24) is 9.88 Å². The number of hydrogen-bond donors (Lipinski definition) is 1. The van der Waals surface area contributed by atoms with Crippen molar-refractivity contribution in [3.05, 3.63) is 29.6 Å². The number of carboxylic acids is 1. The minimum Gasteiger partial charge on any atom is -0.477 e. The summed E-state index contributed by atoms with van der Waals surface area (Å²) in [5.74, 6) is -0.969. The van der Waals surface area contributed by atoms with E-state index in [9.17, 15) is 4.79 Å². The molecular weight excluding hydrogens is 216 g/mol. The molecule has 0 aliphatic carbocycles. The molecule has 94 valence electrons. The van der Waals surface area contributed by atoms with E-state index in [0.717, 1.165) is 31.7 Å². The summed E-state index contributed by atoms with van der Waals surface area (Å²) in [5, 5.41) is 8.87. The zero-order chi connectivity index (χ0) is 12.7. The molecule has 0 aliphatic rings. The normalized spacial score (nSPS) is 10.8. The zero-order valence-electron chi connectivity index (χ0n) is 10.5. The van der Waals surface area contributed by atoms with Crippen molar-refractivity contribution < 1.29 is 9.90 Å². The summed E-state index contributed by atoms with van der Waals surface area (Å²) in [6.45, 7) is 6.98. The van der Waals surface area contributed by atoms with Gasteiger partial charge in [0.15, 0.2) is 0 Å². The molecule has 1 rings (SSSR count). The predicted molar refractivity (Wildman–Crippen MR) is 67.1 cm³/mol. The first kappa shape index (κ1) is 13.6. The molecule has 4 heteroatoms. The van der Waals surface area contributed by atoms with Gasteiger partial charge in [-0.15, -0.1) is 0 Å². The number of unbranched alkanes of at least 4 members (excludes halogenated alkanes) is 1. The van der Waals surface area contributed by atoms with E-state index in [-0.39, 0.29) is 5.69 Å². The second-order valence-electron chi connectivity index (χ2n) is 4.04. The second kappa shape index (κ2) is 7.01. The van der Waals surface area contributed by atoms with Gasteiger partial charge in [0.1, 0.15) is 5.69 Å². The first-order valence-electron chi connectivity index (χ1n) is 6.09. The smallest absolute Gasteiger partial charge is 0.354 e.